The normalized spacial score (nSPS) is 19.6. The molecule has 2 heterocycles. The van der Waals surface area contributed by atoms with Crippen LogP contribution in [-0.2, 0) is 0 Å². The van der Waals surface area contributed by atoms with E-state index in [1.54, 1.807) is 30.6 Å². The smallest absolute Gasteiger partial charge is 0.184 e. The van der Waals surface area contributed by atoms with Crippen molar-refractivity contribution in [1.29, 1.82) is 0 Å². The zero-order valence-corrected chi connectivity index (χ0v) is 20.0. The highest BCUT2D eigenvalue weighted by Gasteiger charge is 2.26. The van der Waals surface area contributed by atoms with Crippen LogP contribution in [0, 0.1) is 11.7 Å². The summed E-state index contributed by atoms with van der Waals surface area (Å²) in [7, 11) is 1.69. The van der Waals surface area contributed by atoms with E-state index < -0.39 is 0 Å². The molecule has 1 saturated carbocycles. The Balaban J connectivity index is 1.22. The van der Waals surface area contributed by atoms with Gasteiger partial charge < -0.3 is 10.1 Å². The standard InChI is InChI=1S/C27H30FN3OS/c1-3-20(30-27-31-25-11-9-21(32-2)16-26(25)33-27)14-17-4-6-18(7-5-17)22-12-13-29-24-10-8-19(28)15-23(22)24/h8-13,15-18,20H,3-7,14H2,1-2H3,(H,30,31). The minimum Gasteiger partial charge on any atom is -0.497 e. The van der Waals surface area contributed by atoms with Crippen LogP contribution in [0.4, 0.5) is 9.52 Å². The molecule has 0 saturated heterocycles. The van der Waals surface area contributed by atoms with Gasteiger partial charge in [-0.1, -0.05) is 18.3 Å². The molecule has 6 heteroatoms. The molecule has 33 heavy (non-hydrogen) atoms. The number of methoxy groups -OCH3 is 1. The fourth-order valence-corrected chi connectivity index (χ4v) is 6.17. The molecule has 1 aliphatic rings. The van der Waals surface area contributed by atoms with Gasteiger partial charge in [0.15, 0.2) is 5.13 Å². The first-order valence-corrected chi connectivity index (χ1v) is 12.7. The molecule has 1 aliphatic carbocycles. The van der Waals surface area contributed by atoms with Crippen molar-refractivity contribution in [2.45, 2.75) is 57.4 Å². The quantitative estimate of drug-likeness (QED) is 0.307. The molecule has 1 N–H and O–H groups in total. The fourth-order valence-electron chi connectivity index (χ4n) is 5.20. The van der Waals surface area contributed by atoms with E-state index in [0.717, 1.165) is 57.7 Å². The van der Waals surface area contributed by atoms with Gasteiger partial charge in [0.25, 0.3) is 0 Å². The Morgan fingerprint density at radius 1 is 1.09 bits per heavy atom. The maximum Gasteiger partial charge on any atom is 0.184 e. The van der Waals surface area contributed by atoms with Crippen molar-refractivity contribution in [3.63, 3.8) is 0 Å². The largest absolute Gasteiger partial charge is 0.497 e. The second-order valence-electron chi connectivity index (χ2n) is 9.12. The van der Waals surface area contributed by atoms with Crippen molar-refractivity contribution in [1.82, 2.24) is 9.97 Å². The molecule has 0 bridgehead atoms. The lowest BCUT2D eigenvalue weighted by Crippen LogP contribution is -2.24. The first-order valence-electron chi connectivity index (χ1n) is 11.9. The number of fused-ring (bicyclic) bond motifs is 2. The minimum absolute atomic E-state index is 0.185. The number of hydrogen-bond donors (Lipinski definition) is 1. The molecular formula is C27H30FN3OS. The summed E-state index contributed by atoms with van der Waals surface area (Å²) in [6.45, 7) is 2.25. The number of pyridine rings is 1. The van der Waals surface area contributed by atoms with Crippen LogP contribution >= 0.6 is 11.3 Å². The molecular weight excluding hydrogens is 433 g/mol. The summed E-state index contributed by atoms with van der Waals surface area (Å²) in [5.41, 5.74) is 3.16. The zero-order chi connectivity index (χ0) is 22.8. The van der Waals surface area contributed by atoms with E-state index in [9.17, 15) is 4.39 Å². The van der Waals surface area contributed by atoms with Gasteiger partial charge in [0.2, 0.25) is 0 Å². The summed E-state index contributed by atoms with van der Waals surface area (Å²) in [5, 5.41) is 5.66. The number of benzene rings is 2. The number of nitrogens with zero attached hydrogens (tertiary/aromatic N) is 2. The number of hydrogen-bond acceptors (Lipinski definition) is 5. The van der Waals surface area contributed by atoms with Crippen LogP contribution in [0.25, 0.3) is 21.1 Å². The number of halogens is 1. The number of thiazole rings is 1. The third-order valence-electron chi connectivity index (χ3n) is 7.06. The molecule has 0 aliphatic heterocycles. The molecule has 5 rings (SSSR count). The highest BCUT2D eigenvalue weighted by molar-refractivity contribution is 7.22. The van der Waals surface area contributed by atoms with Gasteiger partial charge >= 0.3 is 0 Å². The summed E-state index contributed by atoms with van der Waals surface area (Å²) >= 11 is 1.69. The van der Waals surface area contributed by atoms with Gasteiger partial charge in [0.05, 0.1) is 22.8 Å². The van der Waals surface area contributed by atoms with E-state index in [1.165, 1.54) is 24.5 Å². The summed E-state index contributed by atoms with van der Waals surface area (Å²) < 4.78 is 20.4. The van der Waals surface area contributed by atoms with Crippen LogP contribution in [-0.4, -0.2) is 23.1 Å². The predicted octanol–water partition coefficient (Wildman–Crippen LogP) is 7.55. The lowest BCUT2D eigenvalue weighted by atomic mass is 9.76. The van der Waals surface area contributed by atoms with Crippen LogP contribution in [0.15, 0.2) is 48.7 Å². The highest BCUT2D eigenvalue weighted by Crippen LogP contribution is 2.40. The molecule has 2 aromatic heterocycles. The molecule has 1 atom stereocenters. The Labute approximate surface area is 198 Å². The van der Waals surface area contributed by atoms with E-state index in [-0.39, 0.29) is 5.82 Å². The van der Waals surface area contributed by atoms with Gasteiger partial charge in [-0.2, -0.15) is 0 Å². The van der Waals surface area contributed by atoms with Crippen molar-refractivity contribution >= 4 is 37.6 Å². The number of aromatic nitrogens is 2. The van der Waals surface area contributed by atoms with Gasteiger partial charge in [-0.3, -0.25) is 4.98 Å². The molecule has 1 unspecified atom stereocenters. The lowest BCUT2D eigenvalue weighted by molar-refractivity contribution is 0.297. The van der Waals surface area contributed by atoms with Gasteiger partial charge in [-0.05, 0) is 98.4 Å². The molecule has 0 radical (unpaired) electrons. The number of nitrogens with one attached hydrogen (secondary N) is 1. The van der Waals surface area contributed by atoms with Gasteiger partial charge in [0.1, 0.15) is 11.6 Å². The summed E-state index contributed by atoms with van der Waals surface area (Å²) in [4.78, 5) is 9.19. The third kappa shape index (κ3) is 4.81. The Kier molecular flexibility index (Phi) is 6.45. The fraction of sp³-hybridized carbons (Fsp3) is 0.407. The maximum atomic E-state index is 13.9. The average Bonchev–Trinajstić information content (AvgIpc) is 3.25. The first-order chi connectivity index (χ1) is 16.1. The summed E-state index contributed by atoms with van der Waals surface area (Å²) in [6, 6.07) is 13.5. The van der Waals surface area contributed by atoms with Gasteiger partial charge in [-0.25, -0.2) is 9.37 Å². The van der Waals surface area contributed by atoms with Crippen molar-refractivity contribution in [3.8, 4) is 5.75 Å². The lowest BCUT2D eigenvalue weighted by Gasteiger charge is -2.31. The number of ether oxygens (including phenoxy) is 1. The zero-order valence-electron chi connectivity index (χ0n) is 19.2. The van der Waals surface area contributed by atoms with Crippen LogP contribution in [0.2, 0.25) is 0 Å². The highest BCUT2D eigenvalue weighted by atomic mass is 32.1. The van der Waals surface area contributed by atoms with Crippen molar-refractivity contribution in [2.24, 2.45) is 5.92 Å². The van der Waals surface area contributed by atoms with Crippen LogP contribution in [0.1, 0.15) is 56.9 Å². The van der Waals surface area contributed by atoms with Gasteiger partial charge in [-0.15, -0.1) is 0 Å². The van der Waals surface area contributed by atoms with Gasteiger partial charge in [0, 0.05) is 17.6 Å². The van der Waals surface area contributed by atoms with E-state index in [0.29, 0.717) is 17.9 Å². The maximum absolute atomic E-state index is 13.9. The van der Waals surface area contributed by atoms with Crippen molar-refractivity contribution in [3.05, 3.63) is 60.0 Å². The van der Waals surface area contributed by atoms with E-state index in [4.69, 9.17) is 9.72 Å². The molecule has 0 spiro atoms. The monoisotopic (exact) mass is 463 g/mol. The summed E-state index contributed by atoms with van der Waals surface area (Å²) in [5.74, 6) is 1.88. The topological polar surface area (TPSA) is 47.0 Å². The molecule has 4 nitrogen and oxygen atoms in total. The third-order valence-corrected chi connectivity index (χ3v) is 8.01. The van der Waals surface area contributed by atoms with E-state index >= 15 is 0 Å². The Bertz CT molecular complexity index is 1250. The Morgan fingerprint density at radius 2 is 1.91 bits per heavy atom. The van der Waals surface area contributed by atoms with Crippen LogP contribution in [0.3, 0.4) is 0 Å². The second kappa shape index (κ2) is 9.64. The predicted molar refractivity (Wildman–Crippen MR) is 135 cm³/mol. The molecule has 172 valence electrons. The Morgan fingerprint density at radius 3 is 2.70 bits per heavy atom. The van der Waals surface area contributed by atoms with Crippen LogP contribution < -0.4 is 10.1 Å². The van der Waals surface area contributed by atoms with Crippen molar-refractivity contribution < 1.29 is 9.13 Å². The molecule has 4 aromatic rings. The summed E-state index contributed by atoms with van der Waals surface area (Å²) in [6.07, 6.45) is 8.82. The molecule has 0 amide bonds. The average molecular weight is 464 g/mol. The number of rotatable bonds is 7. The molecule has 2 aromatic carbocycles. The first kappa shape index (κ1) is 22.1. The molecule has 1 fully saturated rings. The number of anilines is 1. The Hall–Kier alpha value is -2.73. The minimum atomic E-state index is -0.185. The van der Waals surface area contributed by atoms with E-state index in [1.807, 2.05) is 18.3 Å². The van der Waals surface area contributed by atoms with Crippen molar-refractivity contribution in [2.75, 3.05) is 12.4 Å². The second-order valence-corrected chi connectivity index (χ2v) is 10.1. The van der Waals surface area contributed by atoms with Crippen LogP contribution in [0.5, 0.6) is 5.75 Å². The van der Waals surface area contributed by atoms with E-state index in [2.05, 4.69) is 29.4 Å². The SMILES string of the molecule is CCC(CC1CCC(c2ccnc3ccc(F)cc23)CC1)Nc1nc2ccc(OC)cc2s1.